The molecule has 0 spiro atoms. The van der Waals surface area contributed by atoms with Crippen molar-refractivity contribution in [1.82, 2.24) is 19.9 Å². The van der Waals surface area contributed by atoms with E-state index < -0.39 is 0 Å². The average molecular weight is 248 g/mol. The summed E-state index contributed by atoms with van der Waals surface area (Å²) in [5.41, 5.74) is 1.73. The molecule has 2 N–H and O–H groups in total. The Morgan fingerprint density at radius 2 is 2.17 bits per heavy atom. The van der Waals surface area contributed by atoms with Crippen LogP contribution in [0, 0.1) is 0 Å². The summed E-state index contributed by atoms with van der Waals surface area (Å²) in [6.45, 7) is 1.83. The highest BCUT2D eigenvalue weighted by Gasteiger charge is 2.05. The fourth-order valence-electron chi connectivity index (χ4n) is 2.15. The number of fused-ring (bicyclic) bond motifs is 1. The summed E-state index contributed by atoms with van der Waals surface area (Å²) in [5, 5.41) is 3.14. The molecule has 0 bridgehead atoms. The van der Waals surface area contributed by atoms with Crippen molar-refractivity contribution in [3.63, 3.8) is 0 Å². The van der Waals surface area contributed by atoms with Gasteiger partial charge in [-0.2, -0.15) is 0 Å². The highest BCUT2D eigenvalue weighted by atomic mass is 16.1. The lowest BCUT2D eigenvalue weighted by atomic mass is 10.2. The Morgan fingerprint density at radius 1 is 1.33 bits per heavy atom. The molecule has 2 aromatic rings. The predicted molar refractivity (Wildman–Crippen MR) is 72.7 cm³/mol. The van der Waals surface area contributed by atoms with Gasteiger partial charge >= 0.3 is 5.69 Å². The van der Waals surface area contributed by atoms with E-state index in [0.717, 1.165) is 37.0 Å². The lowest BCUT2D eigenvalue weighted by Crippen LogP contribution is -2.16. The number of aromatic nitrogens is 3. The lowest BCUT2D eigenvalue weighted by molar-refractivity contribution is 0.562. The van der Waals surface area contributed by atoms with E-state index in [4.69, 9.17) is 0 Å². The van der Waals surface area contributed by atoms with E-state index in [1.807, 2.05) is 13.1 Å². The van der Waals surface area contributed by atoms with Crippen LogP contribution in [-0.2, 0) is 6.54 Å². The van der Waals surface area contributed by atoms with Crippen LogP contribution in [0.3, 0.4) is 0 Å². The maximum absolute atomic E-state index is 11.8. The predicted octanol–water partition coefficient (Wildman–Crippen LogP) is 1.50. The molecule has 2 aromatic heterocycles. The molecule has 18 heavy (non-hydrogen) atoms. The third-order valence-corrected chi connectivity index (χ3v) is 3.14. The second-order valence-corrected chi connectivity index (χ2v) is 4.49. The van der Waals surface area contributed by atoms with E-state index in [1.165, 1.54) is 12.8 Å². The van der Waals surface area contributed by atoms with Gasteiger partial charge in [0.15, 0.2) is 0 Å². The van der Waals surface area contributed by atoms with Crippen molar-refractivity contribution in [2.24, 2.45) is 0 Å². The topological polar surface area (TPSA) is 62.7 Å². The van der Waals surface area contributed by atoms with Gasteiger partial charge in [0.25, 0.3) is 0 Å². The fourth-order valence-corrected chi connectivity index (χ4v) is 2.15. The molecule has 5 nitrogen and oxygen atoms in total. The summed E-state index contributed by atoms with van der Waals surface area (Å²) in [6.07, 6.45) is 8.03. The maximum atomic E-state index is 11.8. The first-order valence-electron chi connectivity index (χ1n) is 6.50. The quantitative estimate of drug-likeness (QED) is 0.730. The molecule has 0 aliphatic rings. The first-order valence-corrected chi connectivity index (χ1v) is 6.50. The van der Waals surface area contributed by atoms with E-state index in [2.05, 4.69) is 15.3 Å². The van der Waals surface area contributed by atoms with E-state index in [1.54, 1.807) is 17.0 Å². The van der Waals surface area contributed by atoms with Crippen LogP contribution in [0.25, 0.3) is 11.0 Å². The molecule has 0 saturated heterocycles. The highest BCUT2D eigenvalue weighted by molar-refractivity contribution is 5.73. The molecule has 2 heterocycles. The maximum Gasteiger partial charge on any atom is 0.326 e. The fraction of sp³-hybridized carbons (Fsp3) is 0.538. The van der Waals surface area contributed by atoms with Crippen molar-refractivity contribution in [1.29, 1.82) is 0 Å². The van der Waals surface area contributed by atoms with Crippen molar-refractivity contribution in [3.05, 3.63) is 28.9 Å². The van der Waals surface area contributed by atoms with E-state index in [9.17, 15) is 4.79 Å². The Labute approximate surface area is 106 Å². The Balaban J connectivity index is 1.91. The van der Waals surface area contributed by atoms with Crippen molar-refractivity contribution < 1.29 is 0 Å². The summed E-state index contributed by atoms with van der Waals surface area (Å²) in [7, 11) is 1.97. The molecule has 0 aliphatic heterocycles. The number of aromatic amines is 1. The SMILES string of the molecule is CNCCCCCCn1c(=O)[nH]c2ccncc21. The molecule has 0 amide bonds. The minimum Gasteiger partial charge on any atom is -0.320 e. The summed E-state index contributed by atoms with van der Waals surface area (Å²) < 4.78 is 1.78. The summed E-state index contributed by atoms with van der Waals surface area (Å²) >= 11 is 0. The van der Waals surface area contributed by atoms with Crippen molar-refractivity contribution >= 4 is 11.0 Å². The van der Waals surface area contributed by atoms with E-state index in [-0.39, 0.29) is 5.69 Å². The zero-order valence-electron chi connectivity index (χ0n) is 10.8. The van der Waals surface area contributed by atoms with Crippen LogP contribution < -0.4 is 11.0 Å². The molecule has 98 valence electrons. The van der Waals surface area contributed by atoms with Crippen molar-refractivity contribution in [2.45, 2.75) is 32.2 Å². The molecule has 0 aliphatic carbocycles. The average Bonchev–Trinajstić information content (AvgIpc) is 2.70. The summed E-state index contributed by atoms with van der Waals surface area (Å²) in [6, 6.07) is 1.83. The van der Waals surface area contributed by atoms with Gasteiger partial charge in [-0.25, -0.2) is 4.79 Å². The standard InChI is InChI=1S/C13H20N4O/c1-14-7-4-2-3-5-9-17-12-10-15-8-6-11(12)16-13(17)18/h6,8,10,14H,2-5,7,9H2,1H3,(H,16,18). The van der Waals surface area contributed by atoms with Gasteiger partial charge in [0.2, 0.25) is 0 Å². The first-order chi connectivity index (χ1) is 8.83. The number of imidazole rings is 1. The van der Waals surface area contributed by atoms with E-state index >= 15 is 0 Å². The Bertz CT molecular complexity index is 543. The largest absolute Gasteiger partial charge is 0.326 e. The highest BCUT2D eigenvalue weighted by Crippen LogP contribution is 2.09. The molecular weight excluding hydrogens is 228 g/mol. The molecule has 0 unspecified atom stereocenters. The van der Waals surface area contributed by atoms with E-state index in [0.29, 0.717) is 0 Å². The van der Waals surface area contributed by atoms with Crippen LogP contribution >= 0.6 is 0 Å². The van der Waals surface area contributed by atoms with Crippen LogP contribution in [0.2, 0.25) is 0 Å². The number of pyridine rings is 1. The van der Waals surface area contributed by atoms with Gasteiger partial charge in [0, 0.05) is 12.7 Å². The Hall–Kier alpha value is -1.62. The number of hydrogen-bond donors (Lipinski definition) is 2. The molecule has 0 radical (unpaired) electrons. The zero-order chi connectivity index (χ0) is 12.8. The number of unbranched alkanes of at least 4 members (excludes halogenated alkanes) is 3. The van der Waals surface area contributed by atoms with Crippen LogP contribution in [0.4, 0.5) is 0 Å². The third-order valence-electron chi connectivity index (χ3n) is 3.14. The number of aryl methyl sites for hydroxylation is 1. The van der Waals surface area contributed by atoms with Gasteiger partial charge in [-0.1, -0.05) is 12.8 Å². The third kappa shape index (κ3) is 2.98. The van der Waals surface area contributed by atoms with Crippen LogP contribution in [0.5, 0.6) is 0 Å². The number of hydrogen-bond acceptors (Lipinski definition) is 3. The molecule has 0 aromatic carbocycles. The minimum atomic E-state index is -0.0341. The second-order valence-electron chi connectivity index (χ2n) is 4.49. The normalized spacial score (nSPS) is 11.2. The lowest BCUT2D eigenvalue weighted by Gasteiger charge is -2.03. The second kappa shape index (κ2) is 6.35. The zero-order valence-corrected chi connectivity index (χ0v) is 10.8. The summed E-state index contributed by atoms with van der Waals surface area (Å²) in [5.74, 6) is 0. The molecule has 0 saturated carbocycles. The van der Waals surface area contributed by atoms with Crippen LogP contribution in [-0.4, -0.2) is 28.1 Å². The van der Waals surface area contributed by atoms with Crippen molar-refractivity contribution in [2.75, 3.05) is 13.6 Å². The molecule has 2 rings (SSSR count). The number of H-pyrrole nitrogens is 1. The molecular formula is C13H20N4O. The number of nitrogens with zero attached hydrogens (tertiary/aromatic N) is 2. The van der Waals surface area contributed by atoms with Gasteiger partial charge in [0.05, 0.1) is 17.2 Å². The summed E-state index contributed by atoms with van der Waals surface area (Å²) in [4.78, 5) is 18.7. The first kappa shape index (κ1) is 12.8. The molecule has 0 fully saturated rings. The Morgan fingerprint density at radius 3 is 3.00 bits per heavy atom. The smallest absolute Gasteiger partial charge is 0.320 e. The Kier molecular flexibility index (Phi) is 4.52. The molecule has 5 heteroatoms. The van der Waals surface area contributed by atoms with Gasteiger partial charge < -0.3 is 10.3 Å². The van der Waals surface area contributed by atoms with Gasteiger partial charge in [-0.05, 0) is 32.5 Å². The number of nitrogens with one attached hydrogen (secondary N) is 2. The van der Waals surface area contributed by atoms with Gasteiger partial charge in [0.1, 0.15) is 0 Å². The van der Waals surface area contributed by atoms with Crippen LogP contribution in [0.15, 0.2) is 23.3 Å². The minimum absolute atomic E-state index is 0.0341. The van der Waals surface area contributed by atoms with Crippen LogP contribution in [0.1, 0.15) is 25.7 Å². The van der Waals surface area contributed by atoms with Gasteiger partial charge in [-0.15, -0.1) is 0 Å². The van der Waals surface area contributed by atoms with Gasteiger partial charge in [-0.3, -0.25) is 9.55 Å². The molecule has 0 atom stereocenters. The van der Waals surface area contributed by atoms with Crippen molar-refractivity contribution in [3.8, 4) is 0 Å². The monoisotopic (exact) mass is 248 g/mol. The number of rotatable bonds is 7.